The Hall–Kier alpha value is -3.05. The van der Waals surface area contributed by atoms with Gasteiger partial charge in [-0.25, -0.2) is 14.4 Å². The van der Waals surface area contributed by atoms with E-state index < -0.39 is 11.9 Å². The number of rotatable bonds is 5. The molecule has 4 atom stereocenters. The van der Waals surface area contributed by atoms with E-state index >= 15 is 0 Å². The topological polar surface area (TPSA) is 92.7 Å². The van der Waals surface area contributed by atoms with E-state index in [0.717, 1.165) is 16.4 Å². The van der Waals surface area contributed by atoms with Crippen molar-refractivity contribution < 1.29 is 23.7 Å². The van der Waals surface area contributed by atoms with E-state index in [-0.39, 0.29) is 30.6 Å². The van der Waals surface area contributed by atoms with Gasteiger partial charge in [-0.1, -0.05) is 24.3 Å². The molecule has 1 unspecified atom stereocenters. The Bertz CT molecular complexity index is 1340. The zero-order valence-electron chi connectivity index (χ0n) is 18.6. The standard InChI is InChI=1S/C24H23FN4O4S/c1-29(2)24-28-17(11-34-24)12-3-5-13(6-4-12)21-14(25)7-15-16(27-21)8-20(26-15)33-19-10-32-22-18(30)9-31-23(19)22/h3-8,11,18-19,22-23,26,30H,9-10H2,1-2H3/t18-,19-,22?,23-/m1/s1. The highest BCUT2D eigenvalue weighted by atomic mass is 32.1. The number of aromatic amines is 1. The lowest BCUT2D eigenvalue weighted by atomic mass is 10.1. The maximum absolute atomic E-state index is 14.9. The molecule has 2 saturated heterocycles. The van der Waals surface area contributed by atoms with Crippen molar-refractivity contribution >= 4 is 27.5 Å². The number of nitrogens with one attached hydrogen (secondary N) is 1. The van der Waals surface area contributed by atoms with Gasteiger partial charge in [-0.3, -0.25) is 0 Å². The molecule has 2 fully saturated rings. The molecule has 4 aromatic rings. The van der Waals surface area contributed by atoms with Gasteiger partial charge < -0.3 is 29.2 Å². The first-order valence-electron chi connectivity index (χ1n) is 11.0. The van der Waals surface area contributed by atoms with Crippen LogP contribution in [0.3, 0.4) is 0 Å². The highest BCUT2D eigenvalue weighted by molar-refractivity contribution is 7.14. The van der Waals surface area contributed by atoms with Crippen LogP contribution >= 0.6 is 11.3 Å². The first-order valence-corrected chi connectivity index (χ1v) is 11.8. The predicted molar refractivity (Wildman–Crippen MR) is 127 cm³/mol. The number of aliphatic hydroxyl groups excluding tert-OH is 1. The Labute approximate surface area is 198 Å². The van der Waals surface area contributed by atoms with Crippen molar-refractivity contribution in [3.63, 3.8) is 0 Å². The average Bonchev–Trinajstić information content (AvgIpc) is 3.60. The summed E-state index contributed by atoms with van der Waals surface area (Å²) < 4.78 is 32.2. The summed E-state index contributed by atoms with van der Waals surface area (Å²) in [4.78, 5) is 14.2. The molecular formula is C24H23FN4O4S. The van der Waals surface area contributed by atoms with Crippen LogP contribution in [-0.4, -0.2) is 71.8 Å². The maximum Gasteiger partial charge on any atom is 0.193 e. The Morgan fingerprint density at radius 1 is 1.09 bits per heavy atom. The summed E-state index contributed by atoms with van der Waals surface area (Å²) in [6.45, 7) is 0.548. The smallest absolute Gasteiger partial charge is 0.193 e. The third-order valence-electron chi connectivity index (χ3n) is 6.12. The molecule has 0 bridgehead atoms. The van der Waals surface area contributed by atoms with Gasteiger partial charge in [0, 0.05) is 42.7 Å². The molecule has 0 amide bonds. The number of hydrogen-bond acceptors (Lipinski definition) is 8. The summed E-state index contributed by atoms with van der Waals surface area (Å²) in [5.41, 5.74) is 3.91. The van der Waals surface area contributed by atoms with Gasteiger partial charge in [-0.05, 0) is 0 Å². The molecule has 6 rings (SSSR count). The highest BCUT2D eigenvalue weighted by Gasteiger charge is 2.48. The predicted octanol–water partition coefficient (Wildman–Crippen LogP) is 3.46. The summed E-state index contributed by atoms with van der Waals surface area (Å²) >= 11 is 1.57. The second-order valence-electron chi connectivity index (χ2n) is 8.69. The van der Waals surface area contributed by atoms with Crippen LogP contribution in [0.15, 0.2) is 41.8 Å². The van der Waals surface area contributed by atoms with Gasteiger partial charge >= 0.3 is 0 Å². The third kappa shape index (κ3) is 3.72. The van der Waals surface area contributed by atoms with Gasteiger partial charge in [-0.15, -0.1) is 11.3 Å². The number of ether oxygens (including phenoxy) is 3. The van der Waals surface area contributed by atoms with E-state index in [9.17, 15) is 9.50 Å². The Balaban J connectivity index is 1.24. The summed E-state index contributed by atoms with van der Waals surface area (Å²) in [5, 5.41) is 12.8. The van der Waals surface area contributed by atoms with E-state index in [1.165, 1.54) is 6.07 Å². The fourth-order valence-corrected chi connectivity index (χ4v) is 5.15. The molecule has 2 aliphatic rings. The number of H-pyrrole nitrogens is 1. The van der Waals surface area contributed by atoms with Crippen LogP contribution in [-0.2, 0) is 9.47 Å². The molecule has 0 saturated carbocycles. The number of aliphatic hydroxyl groups is 1. The summed E-state index contributed by atoms with van der Waals surface area (Å²) in [6.07, 6.45) is -1.70. The number of halogens is 1. The first-order chi connectivity index (χ1) is 16.5. The number of pyridine rings is 1. The number of thiazole rings is 1. The molecule has 176 valence electrons. The number of aromatic nitrogens is 3. The molecule has 8 nitrogen and oxygen atoms in total. The molecule has 2 N–H and O–H groups in total. The van der Waals surface area contributed by atoms with E-state index in [4.69, 9.17) is 14.2 Å². The van der Waals surface area contributed by atoms with Gasteiger partial charge in [0.2, 0.25) is 0 Å². The number of hydrogen-bond donors (Lipinski definition) is 2. The van der Waals surface area contributed by atoms with Crippen LogP contribution < -0.4 is 9.64 Å². The van der Waals surface area contributed by atoms with E-state index in [0.29, 0.717) is 29.1 Å². The Kier molecular flexibility index (Phi) is 5.25. The Morgan fingerprint density at radius 3 is 2.62 bits per heavy atom. The average molecular weight is 483 g/mol. The molecule has 1 aromatic carbocycles. The van der Waals surface area contributed by atoms with Crippen LogP contribution in [0.4, 0.5) is 9.52 Å². The SMILES string of the molecule is CN(C)c1nc(-c2ccc(-c3nc4cc(O[C@@H]5COC6[C@H](O)CO[C@@H]65)[nH]c4cc3F)cc2)cs1. The number of nitrogens with zero attached hydrogens (tertiary/aromatic N) is 3. The first kappa shape index (κ1) is 21.5. The third-order valence-corrected chi connectivity index (χ3v) is 7.13. The summed E-state index contributed by atoms with van der Waals surface area (Å²) in [6, 6.07) is 10.7. The van der Waals surface area contributed by atoms with Crippen molar-refractivity contribution in [3.8, 4) is 28.4 Å². The fourth-order valence-electron chi connectivity index (χ4n) is 4.38. The molecule has 3 aromatic heterocycles. The fraction of sp³-hybridized carbons (Fsp3) is 0.333. The van der Waals surface area contributed by atoms with E-state index in [1.54, 1.807) is 17.4 Å². The second-order valence-corrected chi connectivity index (χ2v) is 9.53. The minimum atomic E-state index is -0.642. The van der Waals surface area contributed by atoms with Crippen molar-refractivity contribution in [2.24, 2.45) is 0 Å². The maximum atomic E-state index is 14.9. The summed E-state index contributed by atoms with van der Waals surface area (Å²) in [7, 11) is 3.91. The molecular weight excluding hydrogens is 459 g/mol. The van der Waals surface area contributed by atoms with Gasteiger partial charge in [-0.2, -0.15) is 0 Å². The van der Waals surface area contributed by atoms with E-state index in [1.807, 2.05) is 48.6 Å². The number of fused-ring (bicyclic) bond motifs is 2. The lowest BCUT2D eigenvalue weighted by Gasteiger charge is -2.16. The molecule has 10 heteroatoms. The zero-order chi connectivity index (χ0) is 23.4. The molecule has 0 spiro atoms. The van der Waals surface area contributed by atoms with E-state index in [2.05, 4.69) is 15.0 Å². The van der Waals surface area contributed by atoms with Gasteiger partial charge in [0.05, 0.1) is 29.9 Å². The van der Waals surface area contributed by atoms with Crippen LogP contribution in [0.2, 0.25) is 0 Å². The van der Waals surface area contributed by atoms with Crippen LogP contribution in [0, 0.1) is 5.82 Å². The van der Waals surface area contributed by atoms with Crippen LogP contribution in [0.5, 0.6) is 5.88 Å². The number of anilines is 1. The van der Waals surface area contributed by atoms with Crippen molar-refractivity contribution in [2.45, 2.75) is 24.4 Å². The number of benzene rings is 1. The van der Waals surface area contributed by atoms with Crippen molar-refractivity contribution in [2.75, 3.05) is 32.2 Å². The Morgan fingerprint density at radius 2 is 1.85 bits per heavy atom. The normalized spacial score (nSPS) is 24.0. The monoisotopic (exact) mass is 482 g/mol. The van der Waals surface area contributed by atoms with Gasteiger partial charge in [0.15, 0.2) is 22.9 Å². The molecule has 0 radical (unpaired) electrons. The van der Waals surface area contributed by atoms with Crippen molar-refractivity contribution in [3.05, 3.63) is 47.6 Å². The molecule has 2 aliphatic heterocycles. The quantitative estimate of drug-likeness (QED) is 0.450. The van der Waals surface area contributed by atoms with Crippen molar-refractivity contribution in [1.29, 1.82) is 0 Å². The zero-order valence-corrected chi connectivity index (χ0v) is 19.4. The molecule has 34 heavy (non-hydrogen) atoms. The summed E-state index contributed by atoms with van der Waals surface area (Å²) in [5.74, 6) is 0.0255. The van der Waals surface area contributed by atoms with Gasteiger partial charge in [0.1, 0.15) is 24.0 Å². The molecule has 5 heterocycles. The minimum absolute atomic E-state index is 0.232. The van der Waals surface area contributed by atoms with Crippen LogP contribution in [0.1, 0.15) is 0 Å². The van der Waals surface area contributed by atoms with Crippen LogP contribution in [0.25, 0.3) is 33.5 Å². The second kappa shape index (κ2) is 8.31. The highest BCUT2D eigenvalue weighted by Crippen LogP contribution is 2.33. The lowest BCUT2D eigenvalue weighted by Crippen LogP contribution is -2.34. The van der Waals surface area contributed by atoms with Gasteiger partial charge in [0.25, 0.3) is 0 Å². The largest absolute Gasteiger partial charge is 0.470 e. The lowest BCUT2D eigenvalue weighted by molar-refractivity contribution is 0.00794. The minimum Gasteiger partial charge on any atom is -0.470 e. The van der Waals surface area contributed by atoms with Crippen molar-refractivity contribution in [1.82, 2.24) is 15.0 Å². The molecule has 0 aliphatic carbocycles.